The first-order valence-corrected chi connectivity index (χ1v) is 9.64. The maximum atomic E-state index is 12.2. The number of hydrogen-bond donors (Lipinski definition) is 1. The summed E-state index contributed by atoms with van der Waals surface area (Å²) in [5.74, 6) is -0.839. The molecule has 24 heavy (non-hydrogen) atoms. The molecule has 1 saturated heterocycles. The quantitative estimate of drug-likeness (QED) is 0.773. The zero-order chi connectivity index (χ0) is 17.3. The lowest BCUT2D eigenvalue weighted by molar-refractivity contribution is -0.121. The Hall–Kier alpha value is -2.22. The van der Waals surface area contributed by atoms with E-state index in [0.29, 0.717) is 24.0 Å². The van der Waals surface area contributed by atoms with E-state index in [1.165, 1.54) is 0 Å². The second kappa shape index (κ2) is 6.35. The van der Waals surface area contributed by atoms with E-state index in [2.05, 4.69) is 5.32 Å². The summed E-state index contributed by atoms with van der Waals surface area (Å²) in [6, 6.07) is 6.31. The number of imide groups is 1. The minimum atomic E-state index is -3.03. The first-order chi connectivity index (χ1) is 11.4. The molecule has 0 bridgehead atoms. The second-order valence-corrected chi connectivity index (χ2v) is 8.31. The van der Waals surface area contributed by atoms with Crippen molar-refractivity contribution in [3.8, 4) is 0 Å². The molecule has 1 aromatic carbocycles. The lowest BCUT2D eigenvalue weighted by atomic mass is 10.1. The van der Waals surface area contributed by atoms with Crippen molar-refractivity contribution < 1.29 is 22.8 Å². The fraction of sp³-hybridized carbons (Fsp3) is 0.438. The van der Waals surface area contributed by atoms with Crippen LogP contribution in [0.1, 0.15) is 40.0 Å². The van der Waals surface area contributed by atoms with Gasteiger partial charge >= 0.3 is 0 Å². The highest BCUT2D eigenvalue weighted by Crippen LogP contribution is 2.22. The van der Waals surface area contributed by atoms with Gasteiger partial charge in [-0.15, -0.1) is 0 Å². The maximum absolute atomic E-state index is 12.2. The Bertz CT molecular complexity index is 767. The van der Waals surface area contributed by atoms with E-state index in [0.717, 1.165) is 4.90 Å². The number of nitrogens with zero attached hydrogens (tertiary/aromatic N) is 1. The fourth-order valence-electron chi connectivity index (χ4n) is 3.05. The third kappa shape index (κ3) is 3.33. The van der Waals surface area contributed by atoms with Crippen LogP contribution in [0.2, 0.25) is 0 Å². The standard InChI is InChI=1S/C16H18N2O5S/c19-14(17-11-7-9-24(22,23)10-11)6-3-8-18-15(20)12-4-1-2-5-13(12)16(18)21/h1-2,4-5,11H,3,6-10H2,(H,17,19)/t11-/m0/s1. The summed E-state index contributed by atoms with van der Waals surface area (Å²) in [5.41, 5.74) is 0.784. The van der Waals surface area contributed by atoms with E-state index in [1.807, 2.05) is 0 Å². The summed E-state index contributed by atoms with van der Waals surface area (Å²) in [7, 11) is -3.03. The highest BCUT2D eigenvalue weighted by atomic mass is 32.2. The number of hydrogen-bond acceptors (Lipinski definition) is 5. The average molecular weight is 350 g/mol. The molecular formula is C16H18N2O5S. The summed E-state index contributed by atoms with van der Waals surface area (Å²) in [6.45, 7) is 0.169. The number of fused-ring (bicyclic) bond motifs is 1. The lowest BCUT2D eigenvalue weighted by Crippen LogP contribution is -2.36. The van der Waals surface area contributed by atoms with Crippen LogP contribution in [0.15, 0.2) is 24.3 Å². The van der Waals surface area contributed by atoms with E-state index in [9.17, 15) is 22.8 Å². The van der Waals surface area contributed by atoms with E-state index in [1.54, 1.807) is 24.3 Å². The minimum absolute atomic E-state index is 0.0167. The summed E-state index contributed by atoms with van der Waals surface area (Å²) < 4.78 is 22.7. The molecular weight excluding hydrogens is 332 g/mol. The van der Waals surface area contributed by atoms with Gasteiger partial charge in [-0.2, -0.15) is 0 Å². The van der Waals surface area contributed by atoms with Crippen molar-refractivity contribution >= 4 is 27.6 Å². The number of sulfone groups is 1. The SMILES string of the molecule is O=C(CCCN1C(=O)c2ccccc2C1=O)N[C@H]1CCS(=O)(=O)C1. The Labute approximate surface area is 139 Å². The van der Waals surface area contributed by atoms with Gasteiger partial charge in [0.1, 0.15) is 0 Å². The van der Waals surface area contributed by atoms with Crippen molar-refractivity contribution in [1.29, 1.82) is 0 Å². The molecule has 3 rings (SSSR count). The van der Waals surface area contributed by atoms with Crippen LogP contribution in [0.25, 0.3) is 0 Å². The number of carbonyl (C=O) groups is 3. The summed E-state index contributed by atoms with van der Waals surface area (Å²) in [6.07, 6.45) is 0.924. The van der Waals surface area contributed by atoms with Gasteiger partial charge in [0, 0.05) is 19.0 Å². The zero-order valence-electron chi connectivity index (χ0n) is 13.0. The fourth-order valence-corrected chi connectivity index (χ4v) is 4.72. The smallest absolute Gasteiger partial charge is 0.261 e. The van der Waals surface area contributed by atoms with Crippen LogP contribution in [0.4, 0.5) is 0 Å². The van der Waals surface area contributed by atoms with Crippen LogP contribution in [0.5, 0.6) is 0 Å². The highest BCUT2D eigenvalue weighted by Gasteiger charge is 2.34. The molecule has 1 atom stereocenters. The molecule has 0 aliphatic carbocycles. The molecule has 1 aromatic rings. The molecule has 2 heterocycles. The molecule has 0 aromatic heterocycles. The Balaban J connectivity index is 1.48. The monoisotopic (exact) mass is 350 g/mol. The highest BCUT2D eigenvalue weighted by molar-refractivity contribution is 7.91. The molecule has 1 fully saturated rings. The molecule has 0 unspecified atom stereocenters. The third-order valence-electron chi connectivity index (χ3n) is 4.26. The minimum Gasteiger partial charge on any atom is -0.352 e. The molecule has 2 aliphatic rings. The van der Waals surface area contributed by atoms with Gasteiger partial charge in [-0.25, -0.2) is 8.42 Å². The van der Waals surface area contributed by atoms with Crippen molar-refractivity contribution in [2.75, 3.05) is 18.1 Å². The molecule has 128 valence electrons. The summed E-state index contributed by atoms with van der Waals surface area (Å²) in [5, 5.41) is 2.69. The van der Waals surface area contributed by atoms with Crippen LogP contribution in [-0.4, -0.2) is 55.1 Å². The summed E-state index contributed by atoms with van der Waals surface area (Å²) >= 11 is 0. The van der Waals surface area contributed by atoms with E-state index in [4.69, 9.17) is 0 Å². The first kappa shape index (κ1) is 16.6. The van der Waals surface area contributed by atoms with Crippen LogP contribution in [-0.2, 0) is 14.6 Å². The normalized spacial score (nSPS) is 21.8. The number of benzene rings is 1. The molecule has 7 nitrogen and oxygen atoms in total. The van der Waals surface area contributed by atoms with Gasteiger partial charge in [0.15, 0.2) is 9.84 Å². The topological polar surface area (TPSA) is 101 Å². The van der Waals surface area contributed by atoms with Gasteiger partial charge in [0.2, 0.25) is 5.91 Å². The molecule has 0 saturated carbocycles. The molecule has 0 spiro atoms. The van der Waals surface area contributed by atoms with Crippen molar-refractivity contribution in [2.24, 2.45) is 0 Å². The van der Waals surface area contributed by atoms with Crippen LogP contribution in [0.3, 0.4) is 0 Å². The van der Waals surface area contributed by atoms with Gasteiger partial charge in [0.05, 0.1) is 22.6 Å². The van der Waals surface area contributed by atoms with Gasteiger partial charge in [0.25, 0.3) is 11.8 Å². The van der Waals surface area contributed by atoms with Gasteiger partial charge in [-0.05, 0) is 25.0 Å². The molecule has 8 heteroatoms. The Morgan fingerprint density at radius 3 is 2.33 bits per heavy atom. The molecule has 0 radical (unpaired) electrons. The average Bonchev–Trinajstić information content (AvgIpc) is 2.99. The molecule has 3 amide bonds. The lowest BCUT2D eigenvalue weighted by Gasteiger charge is -2.14. The number of amides is 3. The van der Waals surface area contributed by atoms with Crippen molar-refractivity contribution in [3.63, 3.8) is 0 Å². The number of carbonyl (C=O) groups excluding carboxylic acids is 3. The third-order valence-corrected chi connectivity index (χ3v) is 6.03. The van der Waals surface area contributed by atoms with Crippen molar-refractivity contribution in [2.45, 2.75) is 25.3 Å². The van der Waals surface area contributed by atoms with Crippen LogP contribution < -0.4 is 5.32 Å². The molecule has 2 aliphatic heterocycles. The van der Waals surface area contributed by atoms with Crippen molar-refractivity contribution in [1.82, 2.24) is 10.2 Å². The van der Waals surface area contributed by atoms with Gasteiger partial charge in [-0.1, -0.05) is 12.1 Å². The largest absolute Gasteiger partial charge is 0.352 e. The molecule has 1 N–H and O–H groups in total. The first-order valence-electron chi connectivity index (χ1n) is 7.82. The van der Waals surface area contributed by atoms with Gasteiger partial charge in [-0.3, -0.25) is 19.3 Å². The van der Waals surface area contributed by atoms with Gasteiger partial charge < -0.3 is 5.32 Å². The van der Waals surface area contributed by atoms with E-state index < -0.39 is 9.84 Å². The zero-order valence-corrected chi connectivity index (χ0v) is 13.8. The predicted molar refractivity (Wildman–Crippen MR) is 86.2 cm³/mol. The Morgan fingerprint density at radius 2 is 1.79 bits per heavy atom. The predicted octanol–water partition coefficient (Wildman–Crippen LogP) is 0.366. The van der Waals surface area contributed by atoms with Crippen molar-refractivity contribution in [3.05, 3.63) is 35.4 Å². The van der Waals surface area contributed by atoms with E-state index >= 15 is 0 Å². The maximum Gasteiger partial charge on any atom is 0.261 e. The Morgan fingerprint density at radius 1 is 1.17 bits per heavy atom. The second-order valence-electron chi connectivity index (χ2n) is 6.08. The Kier molecular flexibility index (Phi) is 4.40. The van der Waals surface area contributed by atoms with E-state index in [-0.39, 0.29) is 48.2 Å². The van der Waals surface area contributed by atoms with Crippen LogP contribution >= 0.6 is 0 Å². The number of rotatable bonds is 5. The van der Waals surface area contributed by atoms with Crippen LogP contribution in [0, 0.1) is 0 Å². The summed E-state index contributed by atoms with van der Waals surface area (Å²) in [4.78, 5) is 37.4. The number of nitrogens with one attached hydrogen (secondary N) is 1.